The van der Waals surface area contributed by atoms with E-state index in [0.717, 1.165) is 35.4 Å². The first-order valence-corrected chi connectivity index (χ1v) is 9.98. The van der Waals surface area contributed by atoms with Gasteiger partial charge in [-0.15, -0.1) is 0 Å². The molecule has 1 aromatic heterocycles. The van der Waals surface area contributed by atoms with Gasteiger partial charge in [-0.1, -0.05) is 25.1 Å². The molecule has 0 saturated heterocycles. The van der Waals surface area contributed by atoms with Crippen molar-refractivity contribution in [1.29, 1.82) is 0 Å². The van der Waals surface area contributed by atoms with Gasteiger partial charge in [-0.2, -0.15) is 5.10 Å². The first-order chi connectivity index (χ1) is 14.5. The molecular weight excluding hydrogens is 379 g/mol. The number of rotatable bonds is 8. The van der Waals surface area contributed by atoms with Gasteiger partial charge in [-0.05, 0) is 66.8 Å². The monoisotopic (exact) mass is 404 g/mol. The molecule has 0 amide bonds. The zero-order valence-corrected chi connectivity index (χ0v) is 17.0. The number of aromatic nitrogens is 2. The van der Waals surface area contributed by atoms with Crippen LogP contribution in [0, 0.1) is 5.82 Å². The highest BCUT2D eigenvalue weighted by Crippen LogP contribution is 2.33. The summed E-state index contributed by atoms with van der Waals surface area (Å²) in [7, 11) is 0. The van der Waals surface area contributed by atoms with Gasteiger partial charge in [0.1, 0.15) is 18.2 Å². The summed E-state index contributed by atoms with van der Waals surface area (Å²) in [6, 6.07) is 14.4. The molecule has 1 atom stereocenters. The van der Waals surface area contributed by atoms with Crippen molar-refractivity contribution in [1.82, 2.24) is 9.66 Å². The molecule has 30 heavy (non-hydrogen) atoms. The van der Waals surface area contributed by atoms with Crippen LogP contribution in [0.3, 0.4) is 0 Å². The normalized spacial score (nSPS) is 15.8. The number of allylic oxidation sites excluding steroid dienone is 1. The molecule has 6 heteroatoms. The third kappa shape index (κ3) is 4.49. The first kappa shape index (κ1) is 20.0. The van der Waals surface area contributed by atoms with Gasteiger partial charge in [0.15, 0.2) is 5.82 Å². The van der Waals surface area contributed by atoms with Gasteiger partial charge in [0.2, 0.25) is 0 Å². The molecule has 0 aliphatic heterocycles. The zero-order valence-electron chi connectivity index (χ0n) is 17.0. The van der Waals surface area contributed by atoms with E-state index in [2.05, 4.69) is 16.8 Å². The van der Waals surface area contributed by atoms with Crippen LogP contribution in [0.1, 0.15) is 37.1 Å². The quantitative estimate of drug-likeness (QED) is 0.547. The number of hydrogen-bond acceptors (Lipinski definition) is 4. The predicted molar refractivity (Wildman–Crippen MR) is 118 cm³/mol. The fourth-order valence-electron chi connectivity index (χ4n) is 3.20. The summed E-state index contributed by atoms with van der Waals surface area (Å²) >= 11 is 0. The Morgan fingerprint density at radius 2 is 2.07 bits per heavy atom. The average molecular weight is 404 g/mol. The maximum atomic E-state index is 13.5. The van der Waals surface area contributed by atoms with Crippen LogP contribution in [-0.4, -0.2) is 28.5 Å². The Labute approximate surface area is 175 Å². The molecule has 1 aliphatic carbocycles. The maximum absolute atomic E-state index is 13.5. The van der Waals surface area contributed by atoms with Crippen LogP contribution in [0.15, 0.2) is 65.9 Å². The van der Waals surface area contributed by atoms with E-state index in [-0.39, 0.29) is 17.3 Å². The highest BCUT2D eigenvalue weighted by Gasteiger charge is 2.39. The van der Waals surface area contributed by atoms with Crippen molar-refractivity contribution in [3.8, 4) is 17.0 Å². The lowest BCUT2D eigenvalue weighted by Crippen LogP contribution is -2.29. The Hall–Kier alpha value is -3.25. The summed E-state index contributed by atoms with van der Waals surface area (Å²) in [5.41, 5.74) is 8.60. The number of halogens is 1. The topological polar surface area (TPSA) is 65.4 Å². The minimum Gasteiger partial charge on any atom is -0.492 e. The van der Waals surface area contributed by atoms with Crippen LogP contribution < -0.4 is 10.5 Å². The number of ether oxygens (including phenoxy) is 1. The lowest BCUT2D eigenvalue weighted by atomic mass is 10.0. The van der Waals surface area contributed by atoms with Gasteiger partial charge >= 0.3 is 0 Å². The third-order valence-electron chi connectivity index (χ3n) is 5.38. The van der Waals surface area contributed by atoms with E-state index in [0.29, 0.717) is 12.4 Å². The van der Waals surface area contributed by atoms with Crippen LogP contribution in [0.25, 0.3) is 17.3 Å². The Kier molecular flexibility index (Phi) is 5.50. The van der Waals surface area contributed by atoms with Crippen molar-refractivity contribution in [2.45, 2.75) is 31.2 Å². The van der Waals surface area contributed by atoms with Crippen molar-refractivity contribution in [2.75, 3.05) is 6.61 Å². The van der Waals surface area contributed by atoms with Crippen LogP contribution in [0.5, 0.6) is 5.75 Å². The van der Waals surface area contributed by atoms with E-state index >= 15 is 0 Å². The van der Waals surface area contributed by atoms with Crippen LogP contribution >= 0.6 is 0 Å². The van der Waals surface area contributed by atoms with Crippen LogP contribution in [0.2, 0.25) is 0 Å². The maximum Gasteiger partial charge on any atom is 0.153 e. The van der Waals surface area contributed by atoms with Crippen molar-refractivity contribution in [2.24, 2.45) is 10.8 Å². The molecule has 2 aromatic carbocycles. The van der Waals surface area contributed by atoms with Crippen molar-refractivity contribution < 1.29 is 9.13 Å². The van der Waals surface area contributed by atoms with E-state index in [4.69, 9.17) is 10.5 Å². The van der Waals surface area contributed by atoms with Gasteiger partial charge in [0.25, 0.3) is 0 Å². The highest BCUT2D eigenvalue weighted by molar-refractivity contribution is 5.63. The summed E-state index contributed by atoms with van der Waals surface area (Å²) in [6.07, 6.45) is 7.64. The van der Waals surface area contributed by atoms with Gasteiger partial charge in [-0.3, -0.25) is 0 Å². The fourth-order valence-corrected chi connectivity index (χ4v) is 3.20. The van der Waals surface area contributed by atoms with Gasteiger partial charge in [-0.25, -0.2) is 14.1 Å². The second-order valence-electron chi connectivity index (χ2n) is 7.83. The van der Waals surface area contributed by atoms with E-state index < -0.39 is 0 Å². The molecule has 0 bridgehead atoms. The smallest absolute Gasteiger partial charge is 0.153 e. The highest BCUT2D eigenvalue weighted by atomic mass is 19.1. The second kappa shape index (κ2) is 8.24. The molecule has 0 spiro atoms. The Morgan fingerprint density at radius 1 is 1.30 bits per heavy atom. The van der Waals surface area contributed by atoms with Gasteiger partial charge in [0.05, 0.1) is 17.4 Å². The largest absolute Gasteiger partial charge is 0.492 e. The standard InChI is InChI=1S/C24H25FN4O/c1-17(19-4-3-5-20(25)14-19)6-11-23-28-15-22(29(23)27-2)18-7-9-21(10-8-18)30-16-24(26)12-13-24/h3-11,14-15,17H,2,12-13,16,26H2,1H3/b11-6-. The summed E-state index contributed by atoms with van der Waals surface area (Å²) in [5, 5.41) is 4.12. The molecule has 1 aliphatic rings. The molecule has 4 rings (SSSR count). The van der Waals surface area contributed by atoms with Crippen molar-refractivity contribution >= 4 is 12.8 Å². The Morgan fingerprint density at radius 3 is 2.73 bits per heavy atom. The first-order valence-electron chi connectivity index (χ1n) is 9.98. The summed E-state index contributed by atoms with van der Waals surface area (Å²) in [6.45, 7) is 6.22. The molecule has 2 N–H and O–H groups in total. The SMILES string of the molecule is C=Nn1c(-c2ccc(OCC3(N)CC3)cc2)cnc1/C=C\C(C)c1cccc(F)c1. The molecule has 5 nitrogen and oxygen atoms in total. The minimum atomic E-state index is -0.240. The Balaban J connectivity index is 1.49. The van der Waals surface area contributed by atoms with Gasteiger partial charge < -0.3 is 10.5 Å². The summed E-state index contributed by atoms with van der Waals surface area (Å²) in [4.78, 5) is 4.47. The molecule has 3 aromatic rings. The molecule has 154 valence electrons. The van der Waals surface area contributed by atoms with Crippen LogP contribution in [0.4, 0.5) is 4.39 Å². The van der Waals surface area contributed by atoms with E-state index in [1.165, 1.54) is 12.1 Å². The fraction of sp³-hybridized carbons (Fsp3) is 0.250. The average Bonchev–Trinajstić information content (AvgIpc) is 3.35. The number of nitrogens with two attached hydrogens (primary N) is 1. The minimum absolute atomic E-state index is 0.0350. The number of nitrogens with zero attached hydrogens (tertiary/aromatic N) is 3. The van der Waals surface area contributed by atoms with Crippen molar-refractivity contribution in [3.05, 3.63) is 78.0 Å². The van der Waals surface area contributed by atoms with Crippen LogP contribution in [-0.2, 0) is 0 Å². The number of hydrogen-bond donors (Lipinski definition) is 1. The molecular formula is C24H25FN4O. The Bertz CT molecular complexity index is 1070. The lowest BCUT2D eigenvalue weighted by Gasteiger charge is -2.11. The molecule has 1 unspecified atom stereocenters. The van der Waals surface area contributed by atoms with Gasteiger partial charge in [0, 0.05) is 12.3 Å². The molecule has 0 radical (unpaired) electrons. The zero-order chi connectivity index (χ0) is 21.1. The van der Waals surface area contributed by atoms with E-state index in [9.17, 15) is 4.39 Å². The van der Waals surface area contributed by atoms with E-state index in [1.807, 2.05) is 49.4 Å². The summed E-state index contributed by atoms with van der Waals surface area (Å²) < 4.78 is 20.9. The molecule has 1 saturated carbocycles. The molecule has 1 heterocycles. The summed E-state index contributed by atoms with van der Waals surface area (Å²) in [5.74, 6) is 1.24. The molecule has 1 fully saturated rings. The third-order valence-corrected chi connectivity index (χ3v) is 5.38. The second-order valence-corrected chi connectivity index (χ2v) is 7.83. The number of imidazole rings is 1. The number of benzene rings is 2. The van der Waals surface area contributed by atoms with E-state index in [1.54, 1.807) is 16.9 Å². The predicted octanol–water partition coefficient (Wildman–Crippen LogP) is 4.84. The lowest BCUT2D eigenvalue weighted by molar-refractivity contribution is 0.279. The van der Waals surface area contributed by atoms with Crippen molar-refractivity contribution in [3.63, 3.8) is 0 Å².